The molecule has 1 heterocycles. The second-order valence-electron chi connectivity index (χ2n) is 9.99. The molecule has 0 saturated heterocycles. The van der Waals surface area contributed by atoms with E-state index in [1.165, 1.54) is 0 Å². The van der Waals surface area contributed by atoms with Gasteiger partial charge in [0.1, 0.15) is 11.5 Å². The van der Waals surface area contributed by atoms with Gasteiger partial charge in [0.05, 0.1) is 24.8 Å². The van der Waals surface area contributed by atoms with E-state index in [0.717, 1.165) is 46.4 Å². The van der Waals surface area contributed by atoms with Crippen molar-refractivity contribution in [2.75, 3.05) is 7.11 Å². The average Bonchev–Trinajstić information content (AvgIpc) is 3.20. The molecule has 0 spiro atoms. The maximum Gasteiger partial charge on any atom is 0.159 e. The zero-order valence-electron chi connectivity index (χ0n) is 19.4. The molecule has 3 atom stereocenters. The summed E-state index contributed by atoms with van der Waals surface area (Å²) in [5.74, 6) is 0.910. The molecule has 5 heteroatoms. The summed E-state index contributed by atoms with van der Waals surface area (Å²) in [6.07, 6.45) is 2.29. The van der Waals surface area contributed by atoms with E-state index in [9.17, 15) is 14.9 Å². The number of methoxy groups -OCH3 is 1. The molecule has 0 bridgehead atoms. The van der Waals surface area contributed by atoms with Gasteiger partial charge >= 0.3 is 0 Å². The summed E-state index contributed by atoms with van der Waals surface area (Å²) < 4.78 is 5.58. The predicted molar refractivity (Wildman–Crippen MR) is 123 cm³/mol. The highest BCUT2D eigenvalue weighted by molar-refractivity contribution is 5.90. The van der Waals surface area contributed by atoms with Gasteiger partial charge in [-0.05, 0) is 78.3 Å². The van der Waals surface area contributed by atoms with Gasteiger partial charge in [0.15, 0.2) is 5.78 Å². The van der Waals surface area contributed by atoms with Gasteiger partial charge < -0.3 is 4.74 Å². The molecule has 1 aliphatic carbocycles. The minimum Gasteiger partial charge on any atom is -0.497 e. The molecular weight excluding hydrogens is 400 g/mol. The molecule has 4 rings (SSSR count). The normalized spacial score (nSPS) is 21.9. The lowest BCUT2D eigenvalue weighted by molar-refractivity contribution is -0.129. The van der Waals surface area contributed by atoms with Crippen LogP contribution in [-0.4, -0.2) is 18.7 Å². The number of nitrogens with one attached hydrogen (secondary N) is 1. The lowest BCUT2D eigenvalue weighted by atomic mass is 9.77. The maximum atomic E-state index is 13.4. The lowest BCUT2D eigenvalue weighted by Crippen LogP contribution is -2.42. The number of carbonyl (C=O) groups excluding carboxylic acids is 2. The Morgan fingerprint density at radius 2 is 1.88 bits per heavy atom. The first-order chi connectivity index (χ1) is 15.1. The van der Waals surface area contributed by atoms with Crippen LogP contribution in [0.1, 0.15) is 85.5 Å². The van der Waals surface area contributed by atoms with E-state index >= 15 is 0 Å². The Kier molecular flexibility index (Phi) is 5.68. The molecule has 0 amide bonds. The summed E-state index contributed by atoms with van der Waals surface area (Å²) in [5.41, 5.74) is 5.25. The van der Waals surface area contributed by atoms with Crippen molar-refractivity contribution in [2.24, 2.45) is 5.41 Å². The van der Waals surface area contributed by atoms with Gasteiger partial charge in [-0.3, -0.25) is 14.9 Å². The van der Waals surface area contributed by atoms with Crippen molar-refractivity contribution in [2.45, 2.75) is 65.0 Å². The largest absolute Gasteiger partial charge is 0.497 e. The van der Waals surface area contributed by atoms with Crippen LogP contribution in [0.3, 0.4) is 0 Å². The SMILES string of the molecule is COc1cc2c(c(C3Cc4cc(C#N)ccc4C(C(=O)C(C)(C)C)N3)c1)C(C(C)=O)CC2. The third-order valence-electron chi connectivity index (χ3n) is 6.80. The van der Waals surface area contributed by atoms with Crippen molar-refractivity contribution in [1.29, 1.82) is 5.26 Å². The molecule has 3 unspecified atom stereocenters. The van der Waals surface area contributed by atoms with Gasteiger partial charge in [-0.15, -0.1) is 0 Å². The van der Waals surface area contributed by atoms with E-state index in [2.05, 4.69) is 11.4 Å². The molecule has 0 saturated carbocycles. The minimum absolute atomic E-state index is 0.107. The Hall–Kier alpha value is -2.97. The van der Waals surface area contributed by atoms with E-state index in [1.54, 1.807) is 20.1 Å². The van der Waals surface area contributed by atoms with Gasteiger partial charge in [0, 0.05) is 17.4 Å². The first-order valence-electron chi connectivity index (χ1n) is 11.2. The number of hydrogen-bond donors (Lipinski definition) is 1. The van der Waals surface area contributed by atoms with Gasteiger partial charge in [0.25, 0.3) is 0 Å². The van der Waals surface area contributed by atoms with E-state index in [0.29, 0.717) is 12.0 Å². The summed E-state index contributed by atoms with van der Waals surface area (Å²) >= 11 is 0. The standard InChI is InChI=1S/C27H30N2O3/c1-15(30)20-9-7-17-11-19(32-5)13-22(24(17)20)23-12-18-10-16(14-28)6-8-21(18)25(29-23)26(31)27(2,3)4/h6,8,10-11,13,20,23,25,29H,7,9,12H2,1-5H3. The van der Waals surface area contributed by atoms with Crippen LogP contribution in [0, 0.1) is 16.7 Å². The van der Waals surface area contributed by atoms with Crippen molar-refractivity contribution in [3.63, 3.8) is 0 Å². The first-order valence-corrected chi connectivity index (χ1v) is 11.2. The number of fused-ring (bicyclic) bond motifs is 2. The smallest absolute Gasteiger partial charge is 0.159 e. The van der Waals surface area contributed by atoms with Crippen LogP contribution >= 0.6 is 0 Å². The number of ether oxygens (including phenoxy) is 1. The van der Waals surface area contributed by atoms with E-state index in [4.69, 9.17) is 4.74 Å². The highest BCUT2D eigenvalue weighted by Gasteiger charge is 2.39. The average molecular weight is 431 g/mol. The van der Waals surface area contributed by atoms with Crippen molar-refractivity contribution in [1.82, 2.24) is 5.32 Å². The topological polar surface area (TPSA) is 79.2 Å². The van der Waals surface area contributed by atoms with E-state index in [1.807, 2.05) is 45.0 Å². The maximum absolute atomic E-state index is 13.4. The zero-order valence-corrected chi connectivity index (χ0v) is 19.4. The van der Waals surface area contributed by atoms with Crippen LogP contribution in [-0.2, 0) is 22.4 Å². The van der Waals surface area contributed by atoms with Gasteiger partial charge in [-0.1, -0.05) is 26.8 Å². The number of nitriles is 1. The number of rotatable bonds is 4. The van der Waals surface area contributed by atoms with Crippen LogP contribution in [0.4, 0.5) is 0 Å². The Morgan fingerprint density at radius 3 is 2.50 bits per heavy atom. The molecule has 5 nitrogen and oxygen atoms in total. The Balaban J connectivity index is 1.87. The number of benzene rings is 2. The fraction of sp³-hybridized carbons (Fsp3) is 0.444. The third kappa shape index (κ3) is 3.84. The highest BCUT2D eigenvalue weighted by atomic mass is 16.5. The van der Waals surface area contributed by atoms with Crippen molar-refractivity contribution in [3.8, 4) is 11.8 Å². The Bertz CT molecular complexity index is 1140. The number of Topliss-reactive ketones (excluding diaryl/α,β-unsaturated/α-hetero) is 2. The van der Waals surface area contributed by atoms with Crippen molar-refractivity contribution >= 4 is 11.6 Å². The van der Waals surface area contributed by atoms with Crippen molar-refractivity contribution < 1.29 is 14.3 Å². The quantitative estimate of drug-likeness (QED) is 0.759. The second kappa shape index (κ2) is 8.18. The fourth-order valence-corrected chi connectivity index (χ4v) is 5.15. The van der Waals surface area contributed by atoms with Crippen LogP contribution < -0.4 is 10.1 Å². The fourth-order valence-electron chi connectivity index (χ4n) is 5.15. The third-order valence-corrected chi connectivity index (χ3v) is 6.80. The molecule has 2 aliphatic rings. The number of hydrogen-bond acceptors (Lipinski definition) is 5. The molecule has 0 aromatic heterocycles. The van der Waals surface area contributed by atoms with Crippen LogP contribution in [0.25, 0.3) is 0 Å². The predicted octanol–water partition coefficient (Wildman–Crippen LogP) is 4.73. The molecule has 0 fully saturated rings. The van der Waals surface area contributed by atoms with E-state index < -0.39 is 11.5 Å². The minimum atomic E-state index is -0.525. The number of aryl methyl sites for hydroxylation is 1. The van der Waals surface area contributed by atoms with Gasteiger partial charge in [-0.25, -0.2) is 0 Å². The first kappa shape index (κ1) is 22.2. The summed E-state index contributed by atoms with van der Waals surface area (Å²) in [4.78, 5) is 25.9. The van der Waals surface area contributed by atoms with Crippen LogP contribution in [0.5, 0.6) is 5.75 Å². The molecular formula is C27H30N2O3. The molecule has 1 N–H and O–H groups in total. The lowest BCUT2D eigenvalue weighted by Gasteiger charge is -2.37. The summed E-state index contributed by atoms with van der Waals surface area (Å²) in [6.45, 7) is 7.44. The van der Waals surface area contributed by atoms with E-state index in [-0.39, 0.29) is 23.5 Å². The van der Waals surface area contributed by atoms with Crippen LogP contribution in [0.2, 0.25) is 0 Å². The van der Waals surface area contributed by atoms with Gasteiger partial charge in [0.2, 0.25) is 0 Å². The molecule has 2 aromatic rings. The molecule has 0 radical (unpaired) electrons. The Labute approximate surface area is 189 Å². The molecule has 1 aliphatic heterocycles. The molecule has 2 aromatic carbocycles. The monoisotopic (exact) mass is 430 g/mol. The Morgan fingerprint density at radius 1 is 1.12 bits per heavy atom. The summed E-state index contributed by atoms with van der Waals surface area (Å²) in [6, 6.07) is 11.2. The van der Waals surface area contributed by atoms with Gasteiger partial charge in [-0.2, -0.15) is 5.26 Å². The number of ketones is 2. The summed E-state index contributed by atoms with van der Waals surface area (Å²) in [5, 5.41) is 13.0. The zero-order chi connectivity index (χ0) is 23.2. The highest BCUT2D eigenvalue weighted by Crippen LogP contribution is 2.44. The van der Waals surface area contributed by atoms with Crippen molar-refractivity contribution in [3.05, 3.63) is 63.7 Å². The van der Waals surface area contributed by atoms with Crippen LogP contribution in [0.15, 0.2) is 30.3 Å². The number of nitrogens with zero attached hydrogens (tertiary/aromatic N) is 1. The molecule has 166 valence electrons. The second-order valence-corrected chi connectivity index (χ2v) is 9.99. The summed E-state index contributed by atoms with van der Waals surface area (Å²) in [7, 11) is 1.65. The molecule has 32 heavy (non-hydrogen) atoms. The number of carbonyl (C=O) groups is 2.